The van der Waals surface area contributed by atoms with Crippen molar-refractivity contribution in [1.29, 1.82) is 0 Å². The van der Waals surface area contributed by atoms with Gasteiger partial charge in [0, 0.05) is 33.0 Å². The molecular formula is C20H26N4O4. The monoisotopic (exact) mass is 386 g/mol. The molecule has 1 aromatic heterocycles. The molecule has 4 rings (SSSR count). The summed E-state index contributed by atoms with van der Waals surface area (Å²) < 4.78 is 11.7. The van der Waals surface area contributed by atoms with Crippen molar-refractivity contribution >= 4 is 5.91 Å². The molecule has 2 aliphatic heterocycles. The molecule has 0 bridgehead atoms. The molecule has 2 aliphatic rings. The van der Waals surface area contributed by atoms with Crippen molar-refractivity contribution in [3.05, 3.63) is 47.6 Å². The number of nitrogens with one attached hydrogen (secondary N) is 1. The van der Waals surface area contributed by atoms with Crippen molar-refractivity contribution in [3.63, 3.8) is 0 Å². The minimum Gasteiger partial charge on any atom is -0.393 e. The number of aromatic nitrogens is 2. The van der Waals surface area contributed by atoms with Crippen molar-refractivity contribution in [3.8, 4) is 0 Å². The summed E-state index contributed by atoms with van der Waals surface area (Å²) in [6.45, 7) is 2.13. The summed E-state index contributed by atoms with van der Waals surface area (Å²) in [7, 11) is 1.53. The van der Waals surface area contributed by atoms with E-state index >= 15 is 0 Å². The molecule has 2 saturated heterocycles. The summed E-state index contributed by atoms with van der Waals surface area (Å²) in [5.74, 6) is 0.126. The van der Waals surface area contributed by atoms with Crippen LogP contribution in [0.15, 0.2) is 34.9 Å². The fourth-order valence-corrected chi connectivity index (χ4v) is 4.18. The summed E-state index contributed by atoms with van der Waals surface area (Å²) in [4.78, 5) is 17.9. The van der Waals surface area contributed by atoms with Crippen LogP contribution in [0.4, 0.5) is 0 Å². The quantitative estimate of drug-likeness (QED) is 0.824. The minimum absolute atomic E-state index is 0.0513. The topological polar surface area (TPSA) is 101 Å². The van der Waals surface area contributed by atoms with Crippen LogP contribution in [0.1, 0.15) is 53.9 Å². The molecule has 1 aromatic carbocycles. The second-order valence-corrected chi connectivity index (χ2v) is 7.66. The first-order valence-electron chi connectivity index (χ1n) is 9.75. The maximum Gasteiger partial charge on any atom is 0.292 e. The second kappa shape index (κ2) is 7.98. The average Bonchev–Trinajstić information content (AvgIpc) is 3.18. The Bertz CT molecular complexity index is 802. The summed E-state index contributed by atoms with van der Waals surface area (Å²) in [5, 5.41) is 16.7. The van der Waals surface area contributed by atoms with Crippen LogP contribution in [0, 0.1) is 0 Å². The third-order valence-corrected chi connectivity index (χ3v) is 5.68. The van der Waals surface area contributed by atoms with Crippen LogP contribution in [0.5, 0.6) is 0 Å². The van der Waals surface area contributed by atoms with Gasteiger partial charge in [0.1, 0.15) is 0 Å². The number of benzene rings is 1. The molecule has 8 heteroatoms. The first kappa shape index (κ1) is 19.0. The number of hydrogen-bond donors (Lipinski definition) is 2. The van der Waals surface area contributed by atoms with Crippen LogP contribution in [0.25, 0.3) is 0 Å². The highest BCUT2D eigenvalue weighted by atomic mass is 16.5. The maximum atomic E-state index is 11.5. The molecule has 1 amide bonds. The molecule has 0 saturated carbocycles. The largest absolute Gasteiger partial charge is 0.393 e. The van der Waals surface area contributed by atoms with Gasteiger partial charge in [-0.2, -0.15) is 4.98 Å². The molecule has 8 nitrogen and oxygen atoms in total. The van der Waals surface area contributed by atoms with Gasteiger partial charge in [-0.1, -0.05) is 35.5 Å². The van der Waals surface area contributed by atoms with Gasteiger partial charge >= 0.3 is 0 Å². The Morgan fingerprint density at radius 1 is 1.32 bits per heavy atom. The Labute approximate surface area is 163 Å². The fourth-order valence-electron chi connectivity index (χ4n) is 4.18. The molecule has 150 valence electrons. The first-order valence-corrected chi connectivity index (χ1v) is 9.75. The van der Waals surface area contributed by atoms with Crippen LogP contribution in [-0.2, 0) is 11.3 Å². The number of amides is 1. The van der Waals surface area contributed by atoms with Crippen molar-refractivity contribution in [2.24, 2.45) is 0 Å². The Kier molecular flexibility index (Phi) is 5.43. The van der Waals surface area contributed by atoms with Gasteiger partial charge in [-0.05, 0) is 18.4 Å². The molecule has 2 aromatic rings. The fraction of sp³-hybridized carbons (Fsp3) is 0.550. The maximum absolute atomic E-state index is 11.5. The van der Waals surface area contributed by atoms with Crippen molar-refractivity contribution in [1.82, 2.24) is 20.4 Å². The smallest absolute Gasteiger partial charge is 0.292 e. The number of aliphatic hydroxyl groups excluding tert-OH is 1. The SMILES string of the molecule is CNC(=O)c1noc(CN2CCC3(CC2)C[C@H](O)C[C@H](c2ccccc2)O3)n1. The number of aliphatic hydroxyl groups is 1. The normalized spacial score (nSPS) is 24.9. The van der Waals surface area contributed by atoms with Gasteiger partial charge in [-0.3, -0.25) is 9.69 Å². The lowest BCUT2D eigenvalue weighted by atomic mass is 9.81. The van der Waals surface area contributed by atoms with Gasteiger partial charge in [0.25, 0.3) is 11.7 Å². The Morgan fingerprint density at radius 3 is 2.79 bits per heavy atom. The van der Waals surface area contributed by atoms with E-state index in [1.807, 2.05) is 18.2 Å². The molecule has 2 N–H and O–H groups in total. The number of nitrogens with zero attached hydrogens (tertiary/aromatic N) is 3. The number of ether oxygens (including phenoxy) is 1. The molecular weight excluding hydrogens is 360 g/mol. The van der Waals surface area contributed by atoms with E-state index in [0.29, 0.717) is 25.3 Å². The van der Waals surface area contributed by atoms with Crippen LogP contribution in [0.3, 0.4) is 0 Å². The molecule has 0 aliphatic carbocycles. The number of carbonyl (C=O) groups excluding carboxylic acids is 1. The zero-order chi connectivity index (χ0) is 19.6. The van der Waals surface area contributed by atoms with Crippen LogP contribution < -0.4 is 5.32 Å². The predicted molar refractivity (Wildman–Crippen MR) is 100 cm³/mol. The molecule has 1 spiro atoms. The standard InChI is InChI=1S/C20H26N4O4/c1-21-19(26)18-22-17(28-23-18)13-24-9-7-20(8-10-24)12-15(25)11-16(27-20)14-5-3-2-4-6-14/h2-6,15-16,25H,7-13H2,1H3,(H,21,26)/t15-,16-/m1/s1. The lowest BCUT2D eigenvalue weighted by Gasteiger charge is -2.47. The van der Waals surface area contributed by atoms with E-state index in [0.717, 1.165) is 31.5 Å². The Hall–Kier alpha value is -2.29. The third-order valence-electron chi connectivity index (χ3n) is 5.68. The van der Waals surface area contributed by atoms with Crippen LogP contribution in [0.2, 0.25) is 0 Å². The molecule has 3 heterocycles. The van der Waals surface area contributed by atoms with E-state index in [9.17, 15) is 9.90 Å². The van der Waals surface area contributed by atoms with Gasteiger partial charge in [0.2, 0.25) is 5.89 Å². The zero-order valence-corrected chi connectivity index (χ0v) is 16.0. The van der Waals surface area contributed by atoms with Gasteiger partial charge in [0.05, 0.1) is 24.4 Å². The third kappa shape index (κ3) is 4.09. The second-order valence-electron chi connectivity index (χ2n) is 7.66. The Morgan fingerprint density at radius 2 is 2.07 bits per heavy atom. The van der Waals surface area contributed by atoms with Gasteiger partial charge in [0.15, 0.2) is 0 Å². The van der Waals surface area contributed by atoms with Crippen molar-refractivity contribution in [2.45, 2.75) is 50.0 Å². The van der Waals surface area contributed by atoms with Gasteiger partial charge in [-0.25, -0.2) is 0 Å². The molecule has 0 radical (unpaired) electrons. The number of likely N-dealkylation sites (tertiary alicyclic amines) is 1. The van der Waals surface area contributed by atoms with E-state index in [-0.39, 0.29) is 29.5 Å². The highest BCUT2D eigenvalue weighted by Crippen LogP contribution is 2.43. The lowest BCUT2D eigenvalue weighted by Crippen LogP contribution is -2.50. The van der Waals surface area contributed by atoms with E-state index in [1.165, 1.54) is 7.05 Å². The van der Waals surface area contributed by atoms with E-state index in [4.69, 9.17) is 9.26 Å². The number of hydrogen-bond acceptors (Lipinski definition) is 7. The molecule has 28 heavy (non-hydrogen) atoms. The van der Waals surface area contributed by atoms with E-state index in [1.54, 1.807) is 0 Å². The lowest BCUT2D eigenvalue weighted by molar-refractivity contribution is -0.185. The molecule has 0 unspecified atom stereocenters. The number of rotatable bonds is 4. The average molecular weight is 386 g/mol. The van der Waals surface area contributed by atoms with Crippen LogP contribution >= 0.6 is 0 Å². The Balaban J connectivity index is 1.37. The van der Waals surface area contributed by atoms with Crippen LogP contribution in [-0.4, -0.2) is 57.9 Å². The number of carbonyl (C=O) groups is 1. The minimum atomic E-state index is -0.357. The highest BCUT2D eigenvalue weighted by Gasteiger charge is 2.43. The summed E-state index contributed by atoms with van der Waals surface area (Å²) in [6.07, 6.45) is 2.57. The zero-order valence-electron chi connectivity index (χ0n) is 16.0. The van der Waals surface area contributed by atoms with E-state index in [2.05, 4.69) is 32.5 Å². The molecule has 2 fully saturated rings. The summed E-state index contributed by atoms with van der Waals surface area (Å²) in [6, 6.07) is 10.1. The van der Waals surface area contributed by atoms with E-state index < -0.39 is 0 Å². The van der Waals surface area contributed by atoms with Gasteiger partial charge < -0.3 is 19.7 Å². The summed E-state index contributed by atoms with van der Waals surface area (Å²) in [5.41, 5.74) is 0.826. The van der Waals surface area contributed by atoms with Gasteiger partial charge in [-0.15, -0.1) is 0 Å². The highest BCUT2D eigenvalue weighted by molar-refractivity contribution is 5.89. The van der Waals surface area contributed by atoms with Crippen molar-refractivity contribution in [2.75, 3.05) is 20.1 Å². The first-order chi connectivity index (χ1) is 13.6. The van der Waals surface area contributed by atoms with Crippen molar-refractivity contribution < 1.29 is 19.2 Å². The summed E-state index contributed by atoms with van der Waals surface area (Å²) >= 11 is 0. The molecule has 2 atom stereocenters. The predicted octanol–water partition coefficient (Wildman–Crippen LogP) is 1.68. The number of piperidine rings is 1.